The molecule has 1 atom stereocenters. The van der Waals surface area contributed by atoms with Crippen LogP contribution in [0.1, 0.15) is 13.3 Å². The Morgan fingerprint density at radius 3 is 2.54 bits per heavy atom. The van der Waals surface area contributed by atoms with Crippen molar-refractivity contribution in [2.75, 3.05) is 38.0 Å². The number of rotatable bonds is 6. The van der Waals surface area contributed by atoms with Gasteiger partial charge in [-0.25, -0.2) is 14.2 Å². The highest BCUT2D eigenvalue weighted by atomic mass is 19.1. The highest BCUT2D eigenvalue weighted by Crippen LogP contribution is 2.21. The first-order valence-electron chi connectivity index (χ1n) is 9.39. The highest BCUT2D eigenvalue weighted by molar-refractivity contribution is 5.89. The summed E-state index contributed by atoms with van der Waals surface area (Å²) in [4.78, 5) is 20.5. The molecular formula is C20H25FN4O3. The molecule has 1 fully saturated rings. The van der Waals surface area contributed by atoms with E-state index in [0.29, 0.717) is 37.0 Å². The maximum absolute atomic E-state index is 12.9. The first-order valence-corrected chi connectivity index (χ1v) is 9.39. The SMILES string of the molecule is CCC(O)CN1CCN(C(=O)Nc2ccc(Oc3ccc(F)cc3)nc2)CC1. The number of urea groups is 1. The summed E-state index contributed by atoms with van der Waals surface area (Å²) < 4.78 is 18.5. The van der Waals surface area contributed by atoms with Crippen molar-refractivity contribution in [1.29, 1.82) is 0 Å². The van der Waals surface area contributed by atoms with Gasteiger partial charge in [-0.05, 0) is 36.8 Å². The smallest absolute Gasteiger partial charge is 0.321 e. The Morgan fingerprint density at radius 2 is 1.93 bits per heavy atom. The molecule has 7 nitrogen and oxygen atoms in total. The zero-order chi connectivity index (χ0) is 19.9. The van der Waals surface area contributed by atoms with Crippen LogP contribution in [0, 0.1) is 5.82 Å². The number of aliphatic hydroxyl groups is 1. The van der Waals surface area contributed by atoms with Crippen LogP contribution < -0.4 is 10.1 Å². The monoisotopic (exact) mass is 388 g/mol. The summed E-state index contributed by atoms with van der Waals surface area (Å²) in [6.07, 6.45) is 1.93. The molecule has 1 aliphatic rings. The number of amides is 2. The van der Waals surface area contributed by atoms with Gasteiger partial charge in [0.25, 0.3) is 0 Å². The van der Waals surface area contributed by atoms with Crippen molar-refractivity contribution in [1.82, 2.24) is 14.8 Å². The topological polar surface area (TPSA) is 77.9 Å². The van der Waals surface area contributed by atoms with Crippen LogP contribution in [0.2, 0.25) is 0 Å². The molecular weight excluding hydrogens is 363 g/mol. The molecule has 2 heterocycles. The largest absolute Gasteiger partial charge is 0.439 e. The Hall–Kier alpha value is -2.71. The normalized spacial score (nSPS) is 15.9. The first kappa shape index (κ1) is 20.0. The van der Waals surface area contributed by atoms with Crippen LogP contribution in [0.25, 0.3) is 0 Å². The lowest BCUT2D eigenvalue weighted by Gasteiger charge is -2.35. The van der Waals surface area contributed by atoms with Crippen molar-refractivity contribution in [3.63, 3.8) is 0 Å². The number of hydrogen-bond donors (Lipinski definition) is 2. The van der Waals surface area contributed by atoms with Gasteiger partial charge in [0.15, 0.2) is 0 Å². The third kappa shape index (κ3) is 5.64. The van der Waals surface area contributed by atoms with Crippen LogP contribution in [0.5, 0.6) is 11.6 Å². The molecule has 0 bridgehead atoms. The van der Waals surface area contributed by atoms with Crippen molar-refractivity contribution < 1.29 is 19.0 Å². The predicted molar refractivity (Wildman–Crippen MR) is 104 cm³/mol. The van der Waals surface area contributed by atoms with Gasteiger partial charge in [-0.15, -0.1) is 0 Å². The van der Waals surface area contributed by atoms with Crippen molar-refractivity contribution in [3.8, 4) is 11.6 Å². The van der Waals surface area contributed by atoms with Crippen molar-refractivity contribution >= 4 is 11.7 Å². The number of carbonyl (C=O) groups excluding carboxylic acids is 1. The summed E-state index contributed by atoms with van der Waals surface area (Å²) in [7, 11) is 0. The van der Waals surface area contributed by atoms with E-state index in [9.17, 15) is 14.3 Å². The average molecular weight is 388 g/mol. The summed E-state index contributed by atoms with van der Waals surface area (Å²) in [5.74, 6) is 0.505. The second kappa shape index (κ2) is 9.48. The van der Waals surface area contributed by atoms with E-state index in [4.69, 9.17) is 4.74 Å². The predicted octanol–water partition coefficient (Wildman–Crippen LogP) is 2.93. The van der Waals surface area contributed by atoms with Gasteiger partial charge in [-0.2, -0.15) is 0 Å². The number of hydrogen-bond acceptors (Lipinski definition) is 5. The number of benzene rings is 1. The molecule has 1 aliphatic heterocycles. The first-order chi connectivity index (χ1) is 13.5. The third-order valence-electron chi connectivity index (χ3n) is 4.62. The number of carbonyl (C=O) groups is 1. The molecule has 2 aromatic rings. The lowest BCUT2D eigenvalue weighted by atomic mass is 10.2. The molecule has 1 aromatic heterocycles. The molecule has 28 heavy (non-hydrogen) atoms. The van der Waals surface area contributed by atoms with Crippen molar-refractivity contribution in [3.05, 3.63) is 48.4 Å². The van der Waals surface area contributed by atoms with Crippen LogP contribution in [-0.4, -0.2) is 64.7 Å². The van der Waals surface area contributed by atoms with Gasteiger partial charge in [0.2, 0.25) is 5.88 Å². The van der Waals surface area contributed by atoms with Crippen molar-refractivity contribution in [2.45, 2.75) is 19.4 Å². The maximum Gasteiger partial charge on any atom is 0.321 e. The summed E-state index contributed by atoms with van der Waals surface area (Å²) in [5, 5.41) is 12.6. The molecule has 150 valence electrons. The number of pyridine rings is 1. The molecule has 0 saturated carbocycles. The standard InChI is InChI=1S/C20H25FN4O3/c1-2-17(26)14-24-9-11-25(12-10-24)20(27)23-16-5-8-19(22-13-16)28-18-6-3-15(21)4-7-18/h3-8,13,17,26H,2,9-12,14H2,1H3,(H,23,27). The Balaban J connectivity index is 1.47. The van der Waals surface area contributed by atoms with E-state index in [2.05, 4.69) is 15.2 Å². The van der Waals surface area contributed by atoms with Crippen LogP contribution in [-0.2, 0) is 0 Å². The molecule has 1 unspecified atom stereocenters. The third-order valence-corrected chi connectivity index (χ3v) is 4.62. The van der Waals surface area contributed by atoms with Crippen molar-refractivity contribution in [2.24, 2.45) is 0 Å². The van der Waals surface area contributed by atoms with Crippen LogP contribution >= 0.6 is 0 Å². The van der Waals surface area contributed by atoms with Gasteiger partial charge in [0.1, 0.15) is 11.6 Å². The Labute approximate surface area is 163 Å². The fourth-order valence-corrected chi connectivity index (χ4v) is 2.90. The van der Waals surface area contributed by atoms with Crippen LogP contribution in [0.15, 0.2) is 42.6 Å². The number of aromatic nitrogens is 1. The second-order valence-electron chi connectivity index (χ2n) is 6.72. The molecule has 8 heteroatoms. The Kier molecular flexibility index (Phi) is 6.78. The maximum atomic E-state index is 12.9. The highest BCUT2D eigenvalue weighted by Gasteiger charge is 2.22. The minimum atomic E-state index is -0.333. The number of anilines is 1. The molecule has 1 saturated heterocycles. The molecule has 0 spiro atoms. The zero-order valence-electron chi connectivity index (χ0n) is 15.8. The molecule has 0 radical (unpaired) electrons. The fourth-order valence-electron chi connectivity index (χ4n) is 2.90. The van der Waals surface area contributed by atoms with Gasteiger partial charge in [0, 0.05) is 38.8 Å². The van der Waals surface area contributed by atoms with E-state index in [-0.39, 0.29) is 18.0 Å². The van der Waals surface area contributed by atoms with E-state index in [1.165, 1.54) is 30.5 Å². The summed E-state index contributed by atoms with van der Waals surface area (Å²) >= 11 is 0. The Morgan fingerprint density at radius 1 is 1.21 bits per heavy atom. The van der Waals surface area contributed by atoms with E-state index >= 15 is 0 Å². The number of nitrogens with one attached hydrogen (secondary N) is 1. The molecule has 2 amide bonds. The molecule has 2 N–H and O–H groups in total. The van der Waals surface area contributed by atoms with Gasteiger partial charge in [0.05, 0.1) is 18.0 Å². The van der Waals surface area contributed by atoms with Crippen LogP contribution in [0.4, 0.5) is 14.9 Å². The lowest BCUT2D eigenvalue weighted by Crippen LogP contribution is -2.51. The number of β-amino-alcohol motifs (C(OH)–C–C–N with tert-alkyl or cyclic N) is 1. The molecule has 1 aromatic carbocycles. The summed E-state index contributed by atoms with van der Waals surface area (Å²) in [6, 6.07) is 8.84. The molecule has 0 aliphatic carbocycles. The molecule has 3 rings (SSSR count). The van der Waals surface area contributed by atoms with E-state index in [1.807, 2.05) is 6.92 Å². The van der Waals surface area contributed by atoms with Gasteiger partial charge in [-0.3, -0.25) is 4.90 Å². The number of ether oxygens (including phenoxy) is 1. The average Bonchev–Trinajstić information content (AvgIpc) is 2.71. The van der Waals surface area contributed by atoms with E-state index < -0.39 is 0 Å². The summed E-state index contributed by atoms with van der Waals surface area (Å²) in [6.45, 7) is 5.31. The quantitative estimate of drug-likeness (QED) is 0.796. The van der Waals surface area contributed by atoms with Gasteiger partial charge >= 0.3 is 6.03 Å². The van der Waals surface area contributed by atoms with Gasteiger partial charge < -0.3 is 20.1 Å². The fraction of sp³-hybridized carbons (Fsp3) is 0.400. The number of halogens is 1. The Bertz CT molecular complexity index is 762. The minimum absolute atomic E-state index is 0.176. The minimum Gasteiger partial charge on any atom is -0.439 e. The van der Waals surface area contributed by atoms with E-state index in [0.717, 1.165) is 19.5 Å². The van der Waals surface area contributed by atoms with Crippen LogP contribution in [0.3, 0.4) is 0 Å². The number of nitrogens with zero attached hydrogens (tertiary/aromatic N) is 3. The number of piperazine rings is 1. The number of aliphatic hydroxyl groups excluding tert-OH is 1. The summed E-state index contributed by atoms with van der Waals surface area (Å²) in [5.41, 5.74) is 0.570. The second-order valence-corrected chi connectivity index (χ2v) is 6.72. The van der Waals surface area contributed by atoms with Gasteiger partial charge in [-0.1, -0.05) is 6.92 Å². The lowest BCUT2D eigenvalue weighted by molar-refractivity contribution is 0.0812. The van der Waals surface area contributed by atoms with E-state index in [1.54, 1.807) is 17.0 Å². The zero-order valence-corrected chi connectivity index (χ0v) is 15.8.